The Kier molecular flexibility index (Phi) is 15.2. The van der Waals surface area contributed by atoms with Gasteiger partial charge in [0.1, 0.15) is 35.7 Å². The number of para-hydroxylation sites is 2. The second-order valence-corrected chi connectivity index (χ2v) is 19.3. The van der Waals surface area contributed by atoms with Crippen LogP contribution in [0.25, 0.3) is 11.1 Å². The number of hydrogen-bond donors (Lipinski definition) is 6. The number of ether oxygens (including phenoxy) is 2. The van der Waals surface area contributed by atoms with Crippen LogP contribution >= 0.6 is 0 Å². The van der Waals surface area contributed by atoms with Crippen LogP contribution in [0.5, 0.6) is 11.5 Å². The first-order chi connectivity index (χ1) is 32.0. The van der Waals surface area contributed by atoms with Gasteiger partial charge in [-0.05, 0) is 91.1 Å². The molecule has 6 aliphatic rings. The summed E-state index contributed by atoms with van der Waals surface area (Å²) in [5, 5.41) is 18.6. The van der Waals surface area contributed by atoms with E-state index >= 15 is 0 Å². The van der Waals surface area contributed by atoms with Crippen molar-refractivity contribution in [1.29, 1.82) is 0 Å². The third-order valence-electron chi connectivity index (χ3n) is 15.3. The summed E-state index contributed by atoms with van der Waals surface area (Å²) in [6.45, 7) is 5.19. The number of hydrogen-bond acceptors (Lipinski definition) is 10. The standard InChI is InChI=1S/C50H70N8O8/c1-29(51-3)45(59)55-41(31-13-5-6-14-31)49(63)57-25-11-21-39(57)47(61)53-37-23-27-65-43-33(17-9-19-35(37)43)34-18-10-20-36-38(24-28-66-44(34)36)54-48(62)40-22-12-26-58(40)50(64)42(32-15-7-8-16-32)56-46(60)30(2)52-4/h9-10,17-20,29-32,37-42,51-52H,5-8,11-16,21-28H2,1-4H3,(H,53,61)(H,54,62)(H,55,59)(H,56,60)/t29-,30-,37+,38+,39-,40-,41-,42?/m0/s1. The molecule has 2 saturated heterocycles. The predicted molar refractivity (Wildman–Crippen MR) is 248 cm³/mol. The Bertz CT molecular complexity index is 1970. The summed E-state index contributed by atoms with van der Waals surface area (Å²) in [7, 11) is 3.43. The number of benzene rings is 2. The average molecular weight is 911 g/mol. The molecule has 2 saturated carbocycles. The van der Waals surface area contributed by atoms with Gasteiger partial charge in [-0.2, -0.15) is 0 Å². The number of likely N-dealkylation sites (N-methyl/N-ethyl adjacent to an activating group) is 2. The fourth-order valence-electron chi connectivity index (χ4n) is 11.2. The third-order valence-corrected chi connectivity index (χ3v) is 15.3. The number of rotatable bonds is 15. The molecule has 66 heavy (non-hydrogen) atoms. The molecule has 0 spiro atoms. The lowest BCUT2D eigenvalue weighted by Crippen LogP contribution is -2.57. The van der Waals surface area contributed by atoms with Crippen molar-refractivity contribution in [3.8, 4) is 22.6 Å². The molecule has 4 aliphatic heterocycles. The van der Waals surface area contributed by atoms with Crippen LogP contribution in [0.4, 0.5) is 0 Å². The van der Waals surface area contributed by atoms with Gasteiger partial charge < -0.3 is 51.2 Å². The Morgan fingerprint density at radius 3 is 1.32 bits per heavy atom. The number of carbonyl (C=O) groups excluding carboxylic acids is 6. The summed E-state index contributed by atoms with van der Waals surface area (Å²) in [5.41, 5.74) is 3.27. The largest absolute Gasteiger partial charge is 0.492 e. The minimum absolute atomic E-state index is 0.0384. The minimum Gasteiger partial charge on any atom is -0.492 e. The first-order valence-electron chi connectivity index (χ1n) is 24.7. The van der Waals surface area contributed by atoms with E-state index in [1.807, 2.05) is 36.4 Å². The summed E-state index contributed by atoms with van der Waals surface area (Å²) < 4.78 is 12.8. The van der Waals surface area contributed by atoms with Crippen LogP contribution in [-0.4, -0.2) is 122 Å². The lowest BCUT2D eigenvalue weighted by molar-refractivity contribution is -0.143. The summed E-state index contributed by atoms with van der Waals surface area (Å²) in [6.07, 6.45) is 11.1. The van der Waals surface area contributed by atoms with E-state index in [2.05, 4.69) is 31.9 Å². The van der Waals surface area contributed by atoms with Crippen molar-refractivity contribution in [3.05, 3.63) is 47.5 Å². The van der Waals surface area contributed by atoms with Crippen LogP contribution in [0.3, 0.4) is 0 Å². The Hall–Kier alpha value is -5.22. The van der Waals surface area contributed by atoms with Gasteiger partial charge in [0.05, 0.1) is 37.4 Å². The van der Waals surface area contributed by atoms with Crippen LogP contribution in [0.1, 0.15) is 127 Å². The molecule has 6 N–H and O–H groups in total. The summed E-state index contributed by atoms with van der Waals surface area (Å²) >= 11 is 0. The molecule has 4 heterocycles. The molecule has 16 heteroatoms. The normalized spacial score (nSPS) is 24.8. The van der Waals surface area contributed by atoms with E-state index in [0.717, 1.165) is 73.6 Å². The fraction of sp³-hybridized carbons (Fsp3) is 0.640. The van der Waals surface area contributed by atoms with E-state index in [1.165, 1.54) is 0 Å². The lowest BCUT2D eigenvalue weighted by Gasteiger charge is -2.34. The monoisotopic (exact) mass is 911 g/mol. The number of likely N-dealkylation sites (tertiary alicyclic amines) is 2. The van der Waals surface area contributed by atoms with Crippen LogP contribution in [0.2, 0.25) is 0 Å². The maximum Gasteiger partial charge on any atom is 0.246 e. The molecular formula is C50H70N8O8. The van der Waals surface area contributed by atoms with Crippen molar-refractivity contribution < 1.29 is 38.2 Å². The highest BCUT2D eigenvalue weighted by molar-refractivity contribution is 5.95. The topological polar surface area (TPSA) is 200 Å². The van der Waals surface area contributed by atoms with Crippen LogP contribution in [0, 0.1) is 11.8 Å². The van der Waals surface area contributed by atoms with E-state index in [4.69, 9.17) is 9.47 Å². The second-order valence-electron chi connectivity index (χ2n) is 19.3. The molecule has 16 nitrogen and oxygen atoms in total. The van der Waals surface area contributed by atoms with Crippen LogP contribution in [-0.2, 0) is 28.8 Å². The van der Waals surface area contributed by atoms with Crippen molar-refractivity contribution in [1.82, 2.24) is 41.7 Å². The molecule has 8 atom stereocenters. The van der Waals surface area contributed by atoms with Gasteiger partial charge in [-0.15, -0.1) is 0 Å². The van der Waals surface area contributed by atoms with Gasteiger partial charge in [-0.3, -0.25) is 28.8 Å². The number of nitrogens with zero attached hydrogens (tertiary/aromatic N) is 2. The number of amides is 6. The zero-order valence-electron chi connectivity index (χ0n) is 39.1. The van der Waals surface area contributed by atoms with E-state index in [9.17, 15) is 28.8 Å². The Balaban J connectivity index is 0.969. The van der Waals surface area contributed by atoms with Crippen molar-refractivity contribution >= 4 is 35.4 Å². The molecule has 358 valence electrons. The van der Waals surface area contributed by atoms with Gasteiger partial charge in [-0.1, -0.05) is 62.1 Å². The predicted octanol–water partition coefficient (Wildman–Crippen LogP) is 3.78. The van der Waals surface area contributed by atoms with Crippen molar-refractivity contribution in [3.63, 3.8) is 0 Å². The van der Waals surface area contributed by atoms with Crippen LogP contribution < -0.4 is 41.4 Å². The highest BCUT2D eigenvalue weighted by Gasteiger charge is 2.44. The molecule has 2 aliphatic carbocycles. The Labute approximate surface area is 388 Å². The highest BCUT2D eigenvalue weighted by Crippen LogP contribution is 2.47. The van der Waals surface area contributed by atoms with Gasteiger partial charge in [0.2, 0.25) is 35.4 Å². The second kappa shape index (κ2) is 21.2. The van der Waals surface area contributed by atoms with Crippen molar-refractivity contribution in [2.75, 3.05) is 40.4 Å². The molecule has 0 radical (unpaired) electrons. The highest BCUT2D eigenvalue weighted by atomic mass is 16.5. The van der Waals surface area contributed by atoms with Gasteiger partial charge in [0, 0.05) is 48.2 Å². The Morgan fingerprint density at radius 2 is 0.939 bits per heavy atom. The molecule has 2 aromatic carbocycles. The average Bonchev–Trinajstić information content (AvgIpc) is 4.20. The first kappa shape index (κ1) is 47.3. The lowest BCUT2D eigenvalue weighted by atomic mass is 9.90. The number of carbonyl (C=O) groups is 6. The molecule has 0 aromatic heterocycles. The zero-order chi connectivity index (χ0) is 46.5. The Morgan fingerprint density at radius 1 is 0.545 bits per heavy atom. The first-order valence-corrected chi connectivity index (χ1v) is 24.7. The summed E-state index contributed by atoms with van der Waals surface area (Å²) in [6, 6.07) is 7.53. The molecule has 6 amide bonds. The van der Waals surface area contributed by atoms with Gasteiger partial charge >= 0.3 is 0 Å². The molecular weight excluding hydrogens is 841 g/mol. The zero-order valence-corrected chi connectivity index (χ0v) is 39.1. The van der Waals surface area contributed by atoms with E-state index in [1.54, 1.807) is 37.7 Å². The summed E-state index contributed by atoms with van der Waals surface area (Å²) in [5.74, 6) is 0.124. The van der Waals surface area contributed by atoms with E-state index < -0.39 is 36.3 Å². The quantitative estimate of drug-likeness (QED) is 0.153. The maximum atomic E-state index is 14.2. The molecule has 4 fully saturated rings. The molecule has 2 aromatic rings. The number of nitrogens with one attached hydrogen (secondary N) is 6. The van der Waals surface area contributed by atoms with Gasteiger partial charge in [0.15, 0.2) is 0 Å². The van der Waals surface area contributed by atoms with E-state index in [-0.39, 0.29) is 59.4 Å². The van der Waals surface area contributed by atoms with Crippen LogP contribution in [0.15, 0.2) is 36.4 Å². The smallest absolute Gasteiger partial charge is 0.246 e. The van der Waals surface area contributed by atoms with Gasteiger partial charge in [-0.25, -0.2) is 0 Å². The van der Waals surface area contributed by atoms with Gasteiger partial charge in [0.25, 0.3) is 0 Å². The minimum atomic E-state index is -0.670. The SMILES string of the molecule is CN[C@@H](C)C(=O)NC(C(=O)N1CCC[C@H]1C(=O)N[C@@H]1CCOc2c(-c3cccc4c3OCC[C@H]4NC(=O)[C@@H]3CCCN3C(=O)[C@@H](NC(=O)[C@H](C)NC)C3CCCC3)cccc21)C1CCCC1. The summed E-state index contributed by atoms with van der Waals surface area (Å²) in [4.78, 5) is 86.3. The number of fused-ring (bicyclic) bond motifs is 2. The molecule has 1 unspecified atom stereocenters. The third kappa shape index (κ3) is 9.90. The fourth-order valence-corrected chi connectivity index (χ4v) is 11.2. The maximum absolute atomic E-state index is 14.2. The molecule has 0 bridgehead atoms. The van der Waals surface area contributed by atoms with Crippen molar-refractivity contribution in [2.24, 2.45) is 11.8 Å². The van der Waals surface area contributed by atoms with E-state index in [0.29, 0.717) is 76.3 Å². The molecule has 8 rings (SSSR count). The van der Waals surface area contributed by atoms with Crippen molar-refractivity contribution in [2.45, 2.75) is 152 Å².